The Hall–Kier alpha value is -2.22. The summed E-state index contributed by atoms with van der Waals surface area (Å²) in [5.74, 6) is 0.757. The van der Waals surface area contributed by atoms with Crippen molar-refractivity contribution < 1.29 is 4.52 Å². The maximum Gasteiger partial charge on any atom is 0.258 e. The van der Waals surface area contributed by atoms with Crippen LogP contribution in [-0.4, -0.2) is 25.6 Å². The molecule has 0 radical (unpaired) electrons. The molecule has 2 aromatic heterocycles. The number of aromatic amines is 1. The molecule has 0 aliphatic rings. The molecule has 90 valence electrons. The fraction of sp³-hybridized carbons (Fsp3) is 0. The van der Waals surface area contributed by atoms with E-state index in [2.05, 4.69) is 41.5 Å². The molecule has 0 fully saturated rings. The van der Waals surface area contributed by atoms with Crippen LogP contribution in [0, 0.1) is 0 Å². The number of halogens is 1. The molecule has 0 bridgehead atoms. The van der Waals surface area contributed by atoms with Gasteiger partial charge in [0, 0.05) is 15.7 Å². The van der Waals surface area contributed by atoms with Crippen molar-refractivity contribution in [3.05, 3.63) is 28.9 Å². The molecule has 1 aromatic carbocycles. The number of nitrogens with two attached hydrogens (primary N) is 1. The largest absolute Gasteiger partial charge is 0.398 e. The number of nitrogens with zero attached hydrogens (tertiary/aromatic N) is 4. The van der Waals surface area contributed by atoms with E-state index in [1.54, 1.807) is 6.07 Å². The average molecular weight is 307 g/mol. The molecular formula is C10H7BrN6O. The topological polar surface area (TPSA) is 107 Å². The van der Waals surface area contributed by atoms with Crippen molar-refractivity contribution in [2.75, 3.05) is 5.73 Å². The molecule has 0 spiro atoms. The first kappa shape index (κ1) is 10.9. The maximum absolute atomic E-state index is 5.80. The van der Waals surface area contributed by atoms with E-state index < -0.39 is 0 Å². The average Bonchev–Trinajstić information content (AvgIpc) is 3.01. The SMILES string of the molecule is Nc1cc(-c2nc(-c3cn[nH]n3)no2)ccc1Br. The van der Waals surface area contributed by atoms with Crippen LogP contribution in [0.2, 0.25) is 0 Å². The van der Waals surface area contributed by atoms with Crippen LogP contribution in [0.15, 0.2) is 33.4 Å². The smallest absolute Gasteiger partial charge is 0.258 e. The highest BCUT2D eigenvalue weighted by Crippen LogP contribution is 2.27. The summed E-state index contributed by atoms with van der Waals surface area (Å²) in [6.07, 6.45) is 1.52. The Balaban J connectivity index is 2.00. The Morgan fingerprint density at radius 2 is 2.22 bits per heavy atom. The highest BCUT2D eigenvalue weighted by Gasteiger charge is 2.13. The summed E-state index contributed by atoms with van der Waals surface area (Å²) in [6, 6.07) is 5.41. The molecule has 8 heteroatoms. The van der Waals surface area contributed by atoms with Gasteiger partial charge in [0.25, 0.3) is 5.89 Å². The lowest BCUT2D eigenvalue weighted by Gasteiger charge is -1.99. The first-order chi connectivity index (χ1) is 8.74. The molecule has 3 N–H and O–H groups in total. The van der Waals surface area contributed by atoms with Gasteiger partial charge in [-0.2, -0.15) is 20.4 Å². The molecule has 0 saturated carbocycles. The number of nitrogens with one attached hydrogen (secondary N) is 1. The molecule has 3 aromatic rings. The van der Waals surface area contributed by atoms with Crippen molar-refractivity contribution in [3.63, 3.8) is 0 Å². The second kappa shape index (κ2) is 4.22. The first-order valence-corrected chi connectivity index (χ1v) is 5.78. The molecule has 0 aliphatic heterocycles. The zero-order chi connectivity index (χ0) is 12.5. The molecule has 18 heavy (non-hydrogen) atoms. The number of anilines is 1. The molecule has 0 amide bonds. The lowest BCUT2D eigenvalue weighted by atomic mass is 10.2. The summed E-state index contributed by atoms with van der Waals surface area (Å²) in [7, 11) is 0. The fourth-order valence-corrected chi connectivity index (χ4v) is 1.68. The van der Waals surface area contributed by atoms with Crippen LogP contribution < -0.4 is 5.73 Å². The Morgan fingerprint density at radius 1 is 1.33 bits per heavy atom. The molecule has 2 heterocycles. The molecule has 0 saturated heterocycles. The predicted octanol–water partition coefficient (Wildman–Crippen LogP) is 1.87. The second-order valence-corrected chi connectivity index (χ2v) is 4.37. The van der Waals surface area contributed by atoms with E-state index in [1.165, 1.54) is 6.20 Å². The van der Waals surface area contributed by atoms with E-state index in [0.717, 1.165) is 10.0 Å². The van der Waals surface area contributed by atoms with Gasteiger partial charge in [-0.3, -0.25) is 0 Å². The zero-order valence-corrected chi connectivity index (χ0v) is 10.5. The van der Waals surface area contributed by atoms with E-state index in [-0.39, 0.29) is 0 Å². The molecule has 0 atom stereocenters. The summed E-state index contributed by atoms with van der Waals surface area (Å²) in [5.41, 5.74) is 7.67. The molecule has 0 aliphatic carbocycles. The van der Waals surface area contributed by atoms with Crippen LogP contribution in [0.3, 0.4) is 0 Å². The van der Waals surface area contributed by atoms with E-state index in [4.69, 9.17) is 10.3 Å². The van der Waals surface area contributed by atoms with Crippen LogP contribution in [0.5, 0.6) is 0 Å². The highest BCUT2D eigenvalue weighted by molar-refractivity contribution is 9.10. The van der Waals surface area contributed by atoms with E-state index in [0.29, 0.717) is 23.1 Å². The summed E-state index contributed by atoms with van der Waals surface area (Å²) in [4.78, 5) is 4.22. The van der Waals surface area contributed by atoms with E-state index in [1.807, 2.05) is 12.1 Å². The van der Waals surface area contributed by atoms with Crippen molar-refractivity contribution in [2.24, 2.45) is 0 Å². The van der Waals surface area contributed by atoms with Gasteiger partial charge >= 0.3 is 0 Å². The number of hydrogen-bond donors (Lipinski definition) is 2. The quantitative estimate of drug-likeness (QED) is 0.700. The monoisotopic (exact) mass is 306 g/mol. The van der Waals surface area contributed by atoms with Gasteiger partial charge in [0.05, 0.1) is 6.20 Å². The third-order valence-electron chi connectivity index (χ3n) is 2.31. The standard InChI is InChI=1S/C10H7BrN6O/c11-6-2-1-5(3-7(6)12)10-14-9(16-18-10)8-4-13-17-15-8/h1-4H,12H2,(H,13,15,17). The number of H-pyrrole nitrogens is 1. The number of hydrogen-bond acceptors (Lipinski definition) is 6. The Bertz CT molecular complexity index is 678. The summed E-state index contributed by atoms with van der Waals surface area (Å²) in [5, 5.41) is 13.9. The first-order valence-electron chi connectivity index (χ1n) is 4.99. The van der Waals surface area contributed by atoms with Gasteiger partial charge in [0.15, 0.2) is 5.69 Å². The summed E-state index contributed by atoms with van der Waals surface area (Å²) < 4.78 is 5.98. The molecule has 7 nitrogen and oxygen atoms in total. The second-order valence-electron chi connectivity index (χ2n) is 3.51. The minimum absolute atomic E-state index is 0.375. The van der Waals surface area contributed by atoms with Gasteiger partial charge in [0.1, 0.15) is 0 Å². The van der Waals surface area contributed by atoms with Gasteiger partial charge in [-0.05, 0) is 34.1 Å². The normalized spacial score (nSPS) is 10.7. The maximum atomic E-state index is 5.80. The van der Waals surface area contributed by atoms with E-state index >= 15 is 0 Å². The molecule has 0 unspecified atom stereocenters. The van der Waals surface area contributed by atoms with Crippen LogP contribution >= 0.6 is 15.9 Å². The van der Waals surface area contributed by atoms with Gasteiger partial charge in [-0.1, -0.05) is 5.16 Å². The Morgan fingerprint density at radius 3 is 2.94 bits per heavy atom. The Labute approximate surface area is 110 Å². The summed E-state index contributed by atoms with van der Waals surface area (Å²) in [6.45, 7) is 0. The molecule has 3 rings (SSSR count). The van der Waals surface area contributed by atoms with Gasteiger partial charge < -0.3 is 10.3 Å². The number of aromatic nitrogens is 5. The minimum Gasteiger partial charge on any atom is -0.398 e. The van der Waals surface area contributed by atoms with Crippen molar-refractivity contribution in [3.8, 4) is 23.0 Å². The van der Waals surface area contributed by atoms with Crippen LogP contribution in [-0.2, 0) is 0 Å². The fourth-order valence-electron chi connectivity index (χ4n) is 1.43. The minimum atomic E-state index is 0.375. The van der Waals surface area contributed by atoms with Crippen LogP contribution in [0.4, 0.5) is 5.69 Å². The lowest BCUT2D eigenvalue weighted by molar-refractivity contribution is 0.432. The van der Waals surface area contributed by atoms with Gasteiger partial charge in [-0.15, -0.1) is 0 Å². The lowest BCUT2D eigenvalue weighted by Crippen LogP contribution is -1.87. The third-order valence-corrected chi connectivity index (χ3v) is 3.04. The van der Waals surface area contributed by atoms with Crippen molar-refractivity contribution in [2.45, 2.75) is 0 Å². The van der Waals surface area contributed by atoms with Crippen LogP contribution in [0.1, 0.15) is 0 Å². The van der Waals surface area contributed by atoms with Crippen LogP contribution in [0.25, 0.3) is 23.0 Å². The van der Waals surface area contributed by atoms with Gasteiger partial charge in [-0.25, -0.2) is 0 Å². The third kappa shape index (κ3) is 1.86. The number of benzene rings is 1. The molecular weight excluding hydrogens is 300 g/mol. The van der Waals surface area contributed by atoms with Crippen molar-refractivity contribution in [1.29, 1.82) is 0 Å². The number of rotatable bonds is 2. The van der Waals surface area contributed by atoms with Crippen molar-refractivity contribution >= 4 is 21.6 Å². The van der Waals surface area contributed by atoms with Crippen molar-refractivity contribution in [1.82, 2.24) is 25.6 Å². The summed E-state index contributed by atoms with van der Waals surface area (Å²) >= 11 is 3.32. The Kier molecular flexibility index (Phi) is 2.56. The predicted molar refractivity (Wildman–Crippen MR) is 67.2 cm³/mol. The number of nitrogen functional groups attached to an aromatic ring is 1. The zero-order valence-electron chi connectivity index (χ0n) is 8.96. The highest BCUT2D eigenvalue weighted by atomic mass is 79.9. The van der Waals surface area contributed by atoms with E-state index in [9.17, 15) is 0 Å². The van der Waals surface area contributed by atoms with Gasteiger partial charge in [0.2, 0.25) is 5.82 Å².